The van der Waals surface area contributed by atoms with Crippen molar-refractivity contribution in [1.82, 2.24) is 10.4 Å². The molecule has 5 heteroatoms. The fourth-order valence-electron chi connectivity index (χ4n) is 1.71. The highest BCUT2D eigenvalue weighted by Gasteiger charge is 2.15. The van der Waals surface area contributed by atoms with Crippen molar-refractivity contribution in [2.24, 2.45) is 11.8 Å². The van der Waals surface area contributed by atoms with Crippen LogP contribution in [0.4, 0.5) is 0 Å². The molecule has 1 atom stereocenters. The summed E-state index contributed by atoms with van der Waals surface area (Å²) < 4.78 is 0. The maximum Gasteiger partial charge on any atom is 0.0773 e. The lowest BCUT2D eigenvalue weighted by Gasteiger charge is -2.17. The second kappa shape index (κ2) is 7.17. The Bertz CT molecular complexity index is 356. The summed E-state index contributed by atoms with van der Waals surface area (Å²) >= 11 is 11.9. The minimum absolute atomic E-state index is 0.0153. The van der Waals surface area contributed by atoms with E-state index in [1.807, 2.05) is 0 Å². The van der Waals surface area contributed by atoms with Gasteiger partial charge < -0.3 is 0 Å². The van der Waals surface area contributed by atoms with Crippen LogP contribution in [0.3, 0.4) is 0 Å². The van der Waals surface area contributed by atoms with E-state index in [1.165, 1.54) is 6.42 Å². The Balaban J connectivity index is 2.66. The standard InChI is InChI=1S/C12H19Cl2N3/c1-8(2)4-3-5-11(17-15)12-10(14)6-9(13)7-16-12/h6-8,11,17H,3-5,15H2,1-2H3. The van der Waals surface area contributed by atoms with Gasteiger partial charge in [-0.2, -0.15) is 0 Å². The smallest absolute Gasteiger partial charge is 0.0773 e. The summed E-state index contributed by atoms with van der Waals surface area (Å²) in [5.74, 6) is 6.24. The van der Waals surface area contributed by atoms with Crippen LogP contribution in [0.25, 0.3) is 0 Å². The molecule has 96 valence electrons. The van der Waals surface area contributed by atoms with E-state index in [0.29, 0.717) is 16.0 Å². The van der Waals surface area contributed by atoms with Gasteiger partial charge in [0.1, 0.15) is 0 Å². The molecule has 3 N–H and O–H groups in total. The lowest BCUT2D eigenvalue weighted by molar-refractivity contribution is 0.448. The Morgan fingerprint density at radius 1 is 1.35 bits per heavy atom. The Morgan fingerprint density at radius 3 is 2.59 bits per heavy atom. The van der Waals surface area contributed by atoms with Gasteiger partial charge >= 0.3 is 0 Å². The molecule has 0 aliphatic carbocycles. The molecule has 1 aromatic heterocycles. The summed E-state index contributed by atoms with van der Waals surface area (Å²) in [6.07, 6.45) is 4.77. The van der Waals surface area contributed by atoms with Gasteiger partial charge in [0, 0.05) is 6.20 Å². The number of nitrogens with zero attached hydrogens (tertiary/aromatic N) is 1. The van der Waals surface area contributed by atoms with Crippen molar-refractivity contribution in [3.63, 3.8) is 0 Å². The number of hydrazine groups is 1. The number of aromatic nitrogens is 1. The molecule has 1 aromatic rings. The number of hydrogen-bond donors (Lipinski definition) is 2. The van der Waals surface area contributed by atoms with E-state index in [4.69, 9.17) is 29.0 Å². The Morgan fingerprint density at radius 2 is 2.06 bits per heavy atom. The Labute approximate surface area is 113 Å². The first-order valence-electron chi connectivity index (χ1n) is 5.81. The van der Waals surface area contributed by atoms with Gasteiger partial charge in [0.2, 0.25) is 0 Å². The lowest BCUT2D eigenvalue weighted by Crippen LogP contribution is -2.29. The molecule has 0 fully saturated rings. The van der Waals surface area contributed by atoms with E-state index in [2.05, 4.69) is 24.3 Å². The fraction of sp³-hybridized carbons (Fsp3) is 0.583. The summed E-state index contributed by atoms with van der Waals surface area (Å²) in [6.45, 7) is 4.41. The maximum absolute atomic E-state index is 6.10. The number of nitrogens with one attached hydrogen (secondary N) is 1. The van der Waals surface area contributed by atoms with Gasteiger partial charge in [-0.25, -0.2) is 0 Å². The first-order valence-corrected chi connectivity index (χ1v) is 6.57. The van der Waals surface area contributed by atoms with Crippen LogP contribution in [0.2, 0.25) is 10.0 Å². The SMILES string of the molecule is CC(C)CCCC(NN)c1ncc(Cl)cc1Cl. The van der Waals surface area contributed by atoms with E-state index >= 15 is 0 Å². The molecule has 3 nitrogen and oxygen atoms in total. The molecule has 0 saturated heterocycles. The number of halogens is 2. The Kier molecular flexibility index (Phi) is 6.20. The van der Waals surface area contributed by atoms with E-state index in [0.717, 1.165) is 18.5 Å². The molecule has 17 heavy (non-hydrogen) atoms. The van der Waals surface area contributed by atoms with Gasteiger partial charge in [0.05, 0.1) is 21.8 Å². The molecule has 1 unspecified atom stereocenters. The van der Waals surface area contributed by atoms with E-state index in [9.17, 15) is 0 Å². The van der Waals surface area contributed by atoms with Gasteiger partial charge in [-0.15, -0.1) is 0 Å². The van der Waals surface area contributed by atoms with Crippen LogP contribution in [0.15, 0.2) is 12.3 Å². The van der Waals surface area contributed by atoms with Gasteiger partial charge in [0.25, 0.3) is 0 Å². The summed E-state index contributed by atoms with van der Waals surface area (Å²) in [6, 6.07) is 1.68. The molecule has 0 aromatic carbocycles. The topological polar surface area (TPSA) is 50.9 Å². The van der Waals surface area contributed by atoms with Crippen molar-refractivity contribution >= 4 is 23.2 Å². The molecular formula is C12H19Cl2N3. The van der Waals surface area contributed by atoms with Crippen LogP contribution in [0, 0.1) is 5.92 Å². The zero-order valence-electron chi connectivity index (χ0n) is 10.2. The maximum atomic E-state index is 6.10. The van der Waals surface area contributed by atoms with Gasteiger partial charge in [-0.05, 0) is 18.4 Å². The molecule has 0 aliphatic rings. The average molecular weight is 276 g/mol. The highest BCUT2D eigenvalue weighted by Crippen LogP contribution is 2.26. The highest BCUT2D eigenvalue weighted by atomic mass is 35.5. The highest BCUT2D eigenvalue weighted by molar-refractivity contribution is 6.34. The minimum Gasteiger partial charge on any atom is -0.271 e. The van der Waals surface area contributed by atoms with Gasteiger partial charge in [0.15, 0.2) is 0 Å². The molecule has 0 radical (unpaired) electrons. The first kappa shape index (κ1) is 14.7. The quantitative estimate of drug-likeness (QED) is 0.615. The van der Waals surface area contributed by atoms with Gasteiger partial charge in [-0.1, -0.05) is 49.9 Å². The predicted octanol–water partition coefficient (Wildman–Crippen LogP) is 3.72. The van der Waals surface area contributed by atoms with Crippen molar-refractivity contribution in [2.45, 2.75) is 39.2 Å². The third kappa shape index (κ3) is 4.80. The lowest BCUT2D eigenvalue weighted by atomic mass is 10.0. The van der Waals surface area contributed by atoms with Crippen LogP contribution >= 0.6 is 23.2 Å². The number of hydrogen-bond acceptors (Lipinski definition) is 3. The number of nitrogens with two attached hydrogens (primary N) is 1. The van der Waals surface area contributed by atoms with E-state index in [1.54, 1.807) is 12.3 Å². The van der Waals surface area contributed by atoms with Crippen molar-refractivity contribution in [3.05, 3.63) is 28.0 Å². The van der Waals surface area contributed by atoms with E-state index in [-0.39, 0.29) is 6.04 Å². The largest absolute Gasteiger partial charge is 0.271 e. The monoisotopic (exact) mass is 275 g/mol. The van der Waals surface area contributed by atoms with Crippen molar-refractivity contribution < 1.29 is 0 Å². The minimum atomic E-state index is -0.0153. The third-order valence-electron chi connectivity index (χ3n) is 2.64. The van der Waals surface area contributed by atoms with Crippen molar-refractivity contribution in [2.75, 3.05) is 0 Å². The molecule has 0 amide bonds. The van der Waals surface area contributed by atoms with Gasteiger partial charge in [-0.3, -0.25) is 16.3 Å². The normalized spacial score (nSPS) is 13.1. The van der Waals surface area contributed by atoms with E-state index < -0.39 is 0 Å². The van der Waals surface area contributed by atoms with Crippen LogP contribution in [0.5, 0.6) is 0 Å². The zero-order chi connectivity index (χ0) is 12.8. The van der Waals surface area contributed by atoms with Crippen molar-refractivity contribution in [1.29, 1.82) is 0 Å². The zero-order valence-corrected chi connectivity index (χ0v) is 11.7. The molecule has 0 spiro atoms. The molecular weight excluding hydrogens is 257 g/mol. The molecule has 0 aliphatic heterocycles. The third-order valence-corrected chi connectivity index (χ3v) is 3.15. The fourth-order valence-corrected chi connectivity index (χ4v) is 2.22. The summed E-state index contributed by atoms with van der Waals surface area (Å²) in [5.41, 5.74) is 3.53. The Hall–Kier alpha value is -0.350. The average Bonchev–Trinajstić information content (AvgIpc) is 2.25. The molecule has 0 saturated carbocycles. The molecule has 1 heterocycles. The summed E-state index contributed by atoms with van der Waals surface area (Å²) in [4.78, 5) is 4.24. The first-order chi connectivity index (χ1) is 8.04. The molecule has 0 bridgehead atoms. The van der Waals surface area contributed by atoms with Crippen LogP contribution in [-0.4, -0.2) is 4.98 Å². The predicted molar refractivity (Wildman–Crippen MR) is 73.0 cm³/mol. The van der Waals surface area contributed by atoms with Crippen LogP contribution < -0.4 is 11.3 Å². The van der Waals surface area contributed by atoms with Crippen molar-refractivity contribution in [3.8, 4) is 0 Å². The molecule has 1 rings (SSSR count). The van der Waals surface area contributed by atoms with Crippen LogP contribution in [0.1, 0.15) is 44.8 Å². The summed E-state index contributed by atoms with van der Waals surface area (Å²) in [5, 5.41) is 1.10. The number of pyridine rings is 1. The van der Waals surface area contributed by atoms with Crippen LogP contribution in [-0.2, 0) is 0 Å². The second-order valence-corrected chi connectivity index (χ2v) is 5.41. The number of rotatable bonds is 6. The second-order valence-electron chi connectivity index (χ2n) is 4.56. The summed E-state index contributed by atoms with van der Waals surface area (Å²) in [7, 11) is 0.